The third-order valence-corrected chi connectivity index (χ3v) is 14.3. The molecule has 0 aliphatic rings. The molecule has 0 aliphatic heterocycles. The number of esters is 3. The van der Waals surface area contributed by atoms with Crippen LogP contribution in [0.1, 0.15) is 335 Å². The Morgan fingerprint density at radius 3 is 0.838 bits per heavy atom. The molecule has 0 aliphatic carbocycles. The van der Waals surface area contributed by atoms with E-state index in [1.165, 1.54) is 193 Å². The Labute approximate surface area is 460 Å². The summed E-state index contributed by atoms with van der Waals surface area (Å²) >= 11 is 0. The van der Waals surface area contributed by atoms with Crippen molar-refractivity contribution in [3.05, 3.63) is 60.8 Å². The van der Waals surface area contributed by atoms with Crippen LogP contribution >= 0.6 is 0 Å². The third-order valence-electron chi connectivity index (χ3n) is 14.3. The molecule has 0 saturated heterocycles. The van der Waals surface area contributed by atoms with Crippen molar-refractivity contribution >= 4 is 17.9 Å². The fraction of sp³-hybridized carbons (Fsp3) is 0.809. The highest BCUT2D eigenvalue weighted by molar-refractivity contribution is 5.71. The molecule has 6 heteroatoms. The molecule has 0 spiro atoms. The third kappa shape index (κ3) is 60.0. The molecular weight excluding hydrogens is 913 g/mol. The average Bonchev–Trinajstić information content (AvgIpc) is 3.40. The molecular formula is C68H122O6. The summed E-state index contributed by atoms with van der Waals surface area (Å²) in [5.41, 5.74) is 0. The molecule has 0 N–H and O–H groups in total. The Morgan fingerprint density at radius 1 is 0.284 bits per heavy atom. The predicted octanol–water partition coefficient (Wildman–Crippen LogP) is 21.9. The van der Waals surface area contributed by atoms with Gasteiger partial charge in [0.15, 0.2) is 6.10 Å². The normalized spacial score (nSPS) is 12.4. The molecule has 0 rings (SSSR count). The minimum Gasteiger partial charge on any atom is -0.462 e. The summed E-state index contributed by atoms with van der Waals surface area (Å²) in [6.45, 7) is 6.55. The molecule has 0 fully saturated rings. The monoisotopic (exact) mass is 1030 g/mol. The second kappa shape index (κ2) is 62.6. The quantitative estimate of drug-likeness (QED) is 0.0261. The van der Waals surface area contributed by atoms with E-state index in [9.17, 15) is 14.4 Å². The van der Waals surface area contributed by atoms with Crippen molar-refractivity contribution in [2.75, 3.05) is 13.2 Å². The van der Waals surface area contributed by atoms with Gasteiger partial charge in [-0.15, -0.1) is 0 Å². The van der Waals surface area contributed by atoms with Crippen LogP contribution in [0.2, 0.25) is 0 Å². The number of hydrogen-bond acceptors (Lipinski definition) is 6. The SMILES string of the molecule is CC/C=C\C/C=C\C/C=C\C/C=C\CCCCCCCCC(=O)OC(COC(=O)CCCCCCC/C=C\CCCCCCCC)COC(=O)CCCCCCCCCCCCCCCCCCCCCCCC. The molecule has 0 radical (unpaired) electrons. The topological polar surface area (TPSA) is 78.9 Å². The number of rotatable bonds is 59. The van der Waals surface area contributed by atoms with Gasteiger partial charge in [-0.2, -0.15) is 0 Å². The zero-order valence-electron chi connectivity index (χ0n) is 49.4. The summed E-state index contributed by atoms with van der Waals surface area (Å²) in [5, 5.41) is 0. The second-order valence-corrected chi connectivity index (χ2v) is 21.6. The van der Waals surface area contributed by atoms with Crippen LogP contribution in [0.5, 0.6) is 0 Å². The van der Waals surface area contributed by atoms with Crippen LogP contribution in [-0.4, -0.2) is 37.2 Å². The molecule has 1 unspecified atom stereocenters. The van der Waals surface area contributed by atoms with Gasteiger partial charge in [-0.25, -0.2) is 0 Å². The van der Waals surface area contributed by atoms with Crippen LogP contribution in [0, 0.1) is 0 Å². The molecule has 0 aromatic heterocycles. The van der Waals surface area contributed by atoms with Gasteiger partial charge in [0.05, 0.1) is 0 Å². The standard InChI is InChI=1S/C68H122O6/c1-4-7-10-13-16-19-22-25-28-30-32-33-34-36-37-40-43-46-49-52-55-58-61-67(70)73-64-65(63-72-66(69)60-57-54-51-48-45-42-39-27-24-21-18-15-12-9-6-3)74-68(71)62-59-56-53-50-47-44-41-38-35-31-29-26-23-20-17-14-11-8-5-2/h8,11,17,20,26-27,29,35,38-39,65H,4-7,9-10,12-16,18-19,21-25,28,30-34,36-37,40-64H2,1-3H3/b11-8-,20-17-,29-26-,38-35-,39-27-. The van der Waals surface area contributed by atoms with Crippen molar-refractivity contribution < 1.29 is 28.6 Å². The molecule has 0 amide bonds. The molecule has 0 bridgehead atoms. The van der Waals surface area contributed by atoms with E-state index in [-0.39, 0.29) is 31.1 Å². The summed E-state index contributed by atoms with van der Waals surface area (Å²) < 4.78 is 16.9. The second-order valence-electron chi connectivity index (χ2n) is 21.6. The zero-order chi connectivity index (χ0) is 53.6. The summed E-state index contributed by atoms with van der Waals surface area (Å²) in [5.74, 6) is -0.883. The number of carbonyl (C=O) groups is 3. The summed E-state index contributed by atoms with van der Waals surface area (Å²) in [6, 6.07) is 0. The fourth-order valence-corrected chi connectivity index (χ4v) is 9.43. The van der Waals surface area contributed by atoms with Crippen molar-refractivity contribution in [3.8, 4) is 0 Å². The van der Waals surface area contributed by atoms with Crippen molar-refractivity contribution in [1.29, 1.82) is 0 Å². The van der Waals surface area contributed by atoms with E-state index in [0.717, 1.165) is 103 Å². The van der Waals surface area contributed by atoms with Crippen molar-refractivity contribution in [1.82, 2.24) is 0 Å². The van der Waals surface area contributed by atoms with E-state index in [1.807, 2.05) is 0 Å². The van der Waals surface area contributed by atoms with Gasteiger partial charge in [0.1, 0.15) is 13.2 Å². The van der Waals surface area contributed by atoms with Gasteiger partial charge in [0.25, 0.3) is 0 Å². The number of ether oxygens (including phenoxy) is 3. The smallest absolute Gasteiger partial charge is 0.306 e. The van der Waals surface area contributed by atoms with E-state index < -0.39 is 6.10 Å². The van der Waals surface area contributed by atoms with E-state index in [2.05, 4.69) is 81.5 Å². The first-order valence-corrected chi connectivity index (χ1v) is 32.3. The van der Waals surface area contributed by atoms with Crippen molar-refractivity contribution in [3.63, 3.8) is 0 Å². The number of allylic oxidation sites excluding steroid dienone is 10. The molecule has 1 atom stereocenters. The Balaban J connectivity index is 4.34. The summed E-state index contributed by atoms with van der Waals surface area (Å²) in [7, 11) is 0. The molecule has 0 saturated carbocycles. The predicted molar refractivity (Wildman–Crippen MR) is 321 cm³/mol. The number of carbonyl (C=O) groups excluding carboxylic acids is 3. The number of unbranched alkanes of at least 4 members (excludes halogenated alkanes) is 38. The molecule has 430 valence electrons. The van der Waals surface area contributed by atoms with Crippen molar-refractivity contribution in [2.24, 2.45) is 0 Å². The van der Waals surface area contributed by atoms with Gasteiger partial charge in [-0.1, -0.05) is 293 Å². The van der Waals surface area contributed by atoms with Gasteiger partial charge in [-0.05, 0) is 83.5 Å². The first-order valence-electron chi connectivity index (χ1n) is 32.3. The average molecular weight is 1040 g/mol. The van der Waals surface area contributed by atoms with Crippen LogP contribution in [-0.2, 0) is 28.6 Å². The van der Waals surface area contributed by atoms with Crippen LogP contribution in [0.4, 0.5) is 0 Å². The minimum atomic E-state index is -0.785. The Bertz CT molecular complexity index is 1330. The first-order chi connectivity index (χ1) is 36.5. The lowest BCUT2D eigenvalue weighted by molar-refractivity contribution is -0.167. The maximum Gasteiger partial charge on any atom is 0.306 e. The molecule has 6 nitrogen and oxygen atoms in total. The number of hydrogen-bond donors (Lipinski definition) is 0. The van der Waals surface area contributed by atoms with Crippen LogP contribution in [0.15, 0.2) is 60.8 Å². The summed E-state index contributed by atoms with van der Waals surface area (Å²) in [4.78, 5) is 38.3. The molecule has 74 heavy (non-hydrogen) atoms. The van der Waals surface area contributed by atoms with Gasteiger partial charge in [-0.3, -0.25) is 14.4 Å². The lowest BCUT2D eigenvalue weighted by Crippen LogP contribution is -2.30. The highest BCUT2D eigenvalue weighted by Crippen LogP contribution is 2.17. The van der Waals surface area contributed by atoms with Crippen molar-refractivity contribution in [2.45, 2.75) is 341 Å². The molecule has 0 aromatic carbocycles. The van der Waals surface area contributed by atoms with E-state index in [4.69, 9.17) is 14.2 Å². The largest absolute Gasteiger partial charge is 0.462 e. The van der Waals surface area contributed by atoms with Crippen LogP contribution in [0.3, 0.4) is 0 Å². The van der Waals surface area contributed by atoms with E-state index in [1.54, 1.807) is 0 Å². The van der Waals surface area contributed by atoms with Crippen LogP contribution in [0.25, 0.3) is 0 Å². The summed E-state index contributed by atoms with van der Waals surface area (Å²) in [6.07, 6.45) is 79.4. The van der Waals surface area contributed by atoms with E-state index >= 15 is 0 Å². The Morgan fingerprint density at radius 2 is 0.527 bits per heavy atom. The maximum absolute atomic E-state index is 12.9. The zero-order valence-corrected chi connectivity index (χ0v) is 49.4. The maximum atomic E-state index is 12.9. The van der Waals surface area contributed by atoms with Gasteiger partial charge in [0.2, 0.25) is 0 Å². The minimum absolute atomic E-state index is 0.0795. The Hall–Kier alpha value is -2.89. The fourth-order valence-electron chi connectivity index (χ4n) is 9.43. The first kappa shape index (κ1) is 71.1. The van der Waals surface area contributed by atoms with Gasteiger partial charge < -0.3 is 14.2 Å². The molecule has 0 heterocycles. The lowest BCUT2D eigenvalue weighted by Gasteiger charge is -2.18. The van der Waals surface area contributed by atoms with Gasteiger partial charge in [0, 0.05) is 19.3 Å². The lowest BCUT2D eigenvalue weighted by atomic mass is 10.0. The molecule has 0 aromatic rings. The highest BCUT2D eigenvalue weighted by Gasteiger charge is 2.19. The van der Waals surface area contributed by atoms with E-state index in [0.29, 0.717) is 19.3 Å². The van der Waals surface area contributed by atoms with Crippen LogP contribution < -0.4 is 0 Å². The van der Waals surface area contributed by atoms with Gasteiger partial charge >= 0.3 is 17.9 Å². The Kier molecular flexibility index (Phi) is 60.2. The highest BCUT2D eigenvalue weighted by atomic mass is 16.6.